The summed E-state index contributed by atoms with van der Waals surface area (Å²) in [4.78, 5) is 37.4. The van der Waals surface area contributed by atoms with E-state index in [1.165, 1.54) is 11.3 Å². The van der Waals surface area contributed by atoms with E-state index in [0.29, 0.717) is 44.9 Å². The summed E-state index contributed by atoms with van der Waals surface area (Å²) in [7, 11) is 0. The van der Waals surface area contributed by atoms with Gasteiger partial charge in [-0.05, 0) is 62.4 Å². The fraction of sp³-hybridized carbons (Fsp3) is 0.129. The molecule has 0 radical (unpaired) electrons. The van der Waals surface area contributed by atoms with Gasteiger partial charge in [0.2, 0.25) is 0 Å². The second kappa shape index (κ2) is 10.2. The standard InChI is InChI=1S/C31H24N6O2S/c1-19(34-30(38)27-20(2)35-36-16-8-15-32-29(27)36)26-17-23-10-7-9-22(13-14-25-21(3)40-18-33-25)28(23)31(39)37(26)24-11-5-4-6-12-24/h4-12,15-19H,1-3H3,(H,34,38)/t19-/m1/s1. The lowest BCUT2D eigenvalue weighted by Crippen LogP contribution is -2.32. The normalized spacial score (nSPS) is 11.8. The molecule has 196 valence electrons. The number of aromatic nitrogens is 5. The third-order valence-corrected chi connectivity index (χ3v) is 7.50. The number of fused-ring (bicyclic) bond motifs is 2. The molecule has 0 aliphatic carbocycles. The van der Waals surface area contributed by atoms with Gasteiger partial charge in [-0.3, -0.25) is 14.2 Å². The van der Waals surface area contributed by atoms with Gasteiger partial charge in [-0.2, -0.15) is 5.10 Å². The van der Waals surface area contributed by atoms with E-state index in [1.54, 1.807) is 40.0 Å². The molecule has 0 fully saturated rings. The van der Waals surface area contributed by atoms with E-state index in [0.717, 1.165) is 10.3 Å². The maximum Gasteiger partial charge on any atom is 0.264 e. The second-order valence-corrected chi connectivity index (χ2v) is 10.4. The van der Waals surface area contributed by atoms with Crippen LogP contribution >= 0.6 is 11.3 Å². The van der Waals surface area contributed by atoms with E-state index >= 15 is 0 Å². The van der Waals surface area contributed by atoms with E-state index in [1.807, 2.05) is 68.4 Å². The molecule has 9 heteroatoms. The third kappa shape index (κ3) is 4.44. The Morgan fingerprint density at radius 1 is 1.02 bits per heavy atom. The summed E-state index contributed by atoms with van der Waals surface area (Å²) in [5.41, 5.74) is 5.65. The molecule has 4 aromatic heterocycles. The first kappa shape index (κ1) is 25.2. The minimum absolute atomic E-state index is 0.214. The molecule has 0 unspecified atom stereocenters. The monoisotopic (exact) mass is 544 g/mol. The number of carbonyl (C=O) groups is 1. The van der Waals surface area contributed by atoms with Crippen LogP contribution in [-0.2, 0) is 0 Å². The van der Waals surface area contributed by atoms with Gasteiger partial charge in [-0.15, -0.1) is 11.3 Å². The predicted octanol–water partition coefficient (Wildman–Crippen LogP) is 5.00. The van der Waals surface area contributed by atoms with Crippen LogP contribution in [0.3, 0.4) is 0 Å². The predicted molar refractivity (Wildman–Crippen MR) is 156 cm³/mol. The first-order valence-corrected chi connectivity index (χ1v) is 13.6. The number of hydrogen-bond acceptors (Lipinski definition) is 6. The highest BCUT2D eigenvalue weighted by Crippen LogP contribution is 2.24. The lowest BCUT2D eigenvalue weighted by Gasteiger charge is -2.21. The number of rotatable bonds is 4. The summed E-state index contributed by atoms with van der Waals surface area (Å²) in [6, 6.07) is 18.2. The van der Waals surface area contributed by atoms with E-state index in [-0.39, 0.29) is 11.5 Å². The number of nitrogens with zero attached hydrogens (tertiary/aromatic N) is 5. The maximum absolute atomic E-state index is 14.2. The summed E-state index contributed by atoms with van der Waals surface area (Å²) in [6.07, 6.45) is 3.38. The van der Waals surface area contributed by atoms with Gasteiger partial charge in [0.25, 0.3) is 11.5 Å². The summed E-state index contributed by atoms with van der Waals surface area (Å²) in [5.74, 6) is 5.97. The molecular weight excluding hydrogens is 520 g/mol. The SMILES string of the molecule is Cc1nn2cccnc2c1C(=O)N[C@H](C)c1cc2cccc(C#Cc3ncsc3C)c2c(=O)n1-c1ccccc1. The number of hydrogen-bond donors (Lipinski definition) is 1. The van der Waals surface area contributed by atoms with Gasteiger partial charge in [0.05, 0.1) is 22.6 Å². The molecule has 0 spiro atoms. The van der Waals surface area contributed by atoms with Crippen molar-refractivity contribution in [2.75, 3.05) is 0 Å². The highest BCUT2D eigenvalue weighted by molar-refractivity contribution is 7.09. The van der Waals surface area contributed by atoms with Gasteiger partial charge in [0.15, 0.2) is 5.65 Å². The number of benzene rings is 2. The van der Waals surface area contributed by atoms with Gasteiger partial charge < -0.3 is 5.32 Å². The molecule has 0 aliphatic heterocycles. The Hall–Kier alpha value is -5.07. The molecule has 1 atom stereocenters. The first-order valence-electron chi connectivity index (χ1n) is 12.7. The van der Waals surface area contributed by atoms with Crippen LogP contribution in [0.5, 0.6) is 0 Å². The van der Waals surface area contributed by atoms with E-state index in [9.17, 15) is 9.59 Å². The average molecular weight is 545 g/mol. The summed E-state index contributed by atoms with van der Waals surface area (Å²) < 4.78 is 3.23. The van der Waals surface area contributed by atoms with Crippen LogP contribution in [0.25, 0.3) is 22.1 Å². The van der Waals surface area contributed by atoms with Crippen LogP contribution in [0.1, 0.15) is 50.8 Å². The summed E-state index contributed by atoms with van der Waals surface area (Å²) >= 11 is 1.53. The van der Waals surface area contributed by atoms with E-state index in [4.69, 9.17) is 0 Å². The number of carbonyl (C=O) groups excluding carboxylic acids is 1. The van der Waals surface area contributed by atoms with Gasteiger partial charge in [0.1, 0.15) is 11.3 Å². The Bertz CT molecular complexity index is 2030. The zero-order valence-corrected chi connectivity index (χ0v) is 22.9. The second-order valence-electron chi connectivity index (χ2n) is 9.37. The van der Waals surface area contributed by atoms with Crippen LogP contribution < -0.4 is 10.9 Å². The van der Waals surface area contributed by atoms with Gasteiger partial charge in [0, 0.05) is 34.2 Å². The van der Waals surface area contributed by atoms with E-state index in [2.05, 4.69) is 32.2 Å². The Kier molecular flexibility index (Phi) is 6.46. The number of amides is 1. The van der Waals surface area contributed by atoms with Crippen LogP contribution in [0.4, 0.5) is 0 Å². The number of thiazole rings is 1. The number of para-hydroxylation sites is 1. The Morgan fingerprint density at radius 2 is 1.85 bits per heavy atom. The fourth-order valence-electron chi connectivity index (χ4n) is 4.81. The minimum atomic E-state index is -0.518. The van der Waals surface area contributed by atoms with Crippen molar-refractivity contribution < 1.29 is 4.79 Å². The molecule has 2 aromatic carbocycles. The van der Waals surface area contributed by atoms with Crippen molar-refractivity contribution in [1.82, 2.24) is 29.5 Å². The number of aryl methyl sites for hydroxylation is 2. The molecule has 1 amide bonds. The Morgan fingerprint density at radius 3 is 2.62 bits per heavy atom. The van der Waals surface area contributed by atoms with Crippen molar-refractivity contribution in [3.05, 3.63) is 122 Å². The van der Waals surface area contributed by atoms with Crippen LogP contribution in [-0.4, -0.2) is 30.1 Å². The van der Waals surface area contributed by atoms with Crippen molar-refractivity contribution in [3.63, 3.8) is 0 Å². The molecular formula is C31H24N6O2S. The molecule has 4 heterocycles. The number of pyridine rings is 1. The van der Waals surface area contributed by atoms with Gasteiger partial charge in [-0.1, -0.05) is 36.3 Å². The molecule has 40 heavy (non-hydrogen) atoms. The molecule has 0 saturated heterocycles. The largest absolute Gasteiger partial charge is 0.344 e. The summed E-state index contributed by atoms with van der Waals surface area (Å²) in [6.45, 7) is 5.61. The van der Waals surface area contributed by atoms with Crippen molar-refractivity contribution in [2.24, 2.45) is 0 Å². The molecule has 0 bridgehead atoms. The Balaban J connectivity index is 1.48. The van der Waals surface area contributed by atoms with Crippen molar-refractivity contribution in [3.8, 4) is 17.5 Å². The highest BCUT2D eigenvalue weighted by Gasteiger charge is 2.23. The quantitative estimate of drug-likeness (QED) is 0.315. The molecule has 8 nitrogen and oxygen atoms in total. The van der Waals surface area contributed by atoms with Gasteiger partial charge in [-0.25, -0.2) is 14.5 Å². The molecule has 0 aliphatic rings. The minimum Gasteiger partial charge on any atom is -0.344 e. The highest BCUT2D eigenvalue weighted by atomic mass is 32.1. The molecule has 1 N–H and O–H groups in total. The van der Waals surface area contributed by atoms with Crippen LogP contribution in [0.15, 0.2) is 83.4 Å². The third-order valence-electron chi connectivity index (χ3n) is 6.74. The molecule has 6 rings (SSSR count). The van der Waals surface area contributed by atoms with Crippen LogP contribution in [0.2, 0.25) is 0 Å². The zero-order valence-electron chi connectivity index (χ0n) is 22.0. The molecule has 0 saturated carbocycles. The topological polar surface area (TPSA) is 94.2 Å². The van der Waals surface area contributed by atoms with Crippen molar-refractivity contribution in [1.29, 1.82) is 0 Å². The van der Waals surface area contributed by atoms with E-state index < -0.39 is 6.04 Å². The Labute approximate surface area is 234 Å². The fourth-order valence-corrected chi connectivity index (χ4v) is 5.34. The van der Waals surface area contributed by atoms with Gasteiger partial charge >= 0.3 is 0 Å². The summed E-state index contributed by atoms with van der Waals surface area (Å²) in [5, 5.41) is 8.73. The lowest BCUT2D eigenvalue weighted by atomic mass is 10.0. The first-order chi connectivity index (χ1) is 19.4. The smallest absolute Gasteiger partial charge is 0.264 e. The van der Waals surface area contributed by atoms with Crippen molar-refractivity contribution >= 4 is 33.7 Å². The molecule has 6 aromatic rings. The maximum atomic E-state index is 14.2. The lowest BCUT2D eigenvalue weighted by molar-refractivity contribution is 0.0939. The van der Waals surface area contributed by atoms with Crippen LogP contribution in [0, 0.1) is 25.7 Å². The average Bonchev–Trinajstić information content (AvgIpc) is 3.53. The number of nitrogens with one attached hydrogen (secondary N) is 1. The van der Waals surface area contributed by atoms with Crippen molar-refractivity contribution in [2.45, 2.75) is 26.8 Å². The zero-order chi connectivity index (χ0) is 27.8.